The average molecular weight is 436 g/mol. The molecule has 3 atom stereocenters. The highest BCUT2D eigenvalue weighted by molar-refractivity contribution is 5.91. The first-order valence-corrected chi connectivity index (χ1v) is 11.1. The Morgan fingerprint density at radius 2 is 1.84 bits per heavy atom. The molecule has 1 aromatic carbocycles. The van der Waals surface area contributed by atoms with Gasteiger partial charge in [-0.25, -0.2) is 0 Å². The van der Waals surface area contributed by atoms with Gasteiger partial charge in [0.25, 0.3) is 5.91 Å². The molecule has 3 unspecified atom stereocenters. The molecule has 0 spiro atoms. The minimum Gasteiger partial charge on any atom is -0.459 e. The molecule has 0 fully saturated rings. The van der Waals surface area contributed by atoms with E-state index in [0.717, 1.165) is 12.0 Å². The Balaban J connectivity index is 1.97. The van der Waals surface area contributed by atoms with Gasteiger partial charge >= 0.3 is 0 Å². The first-order chi connectivity index (χ1) is 15.1. The Kier molecular flexibility index (Phi) is 11.6. The molecule has 1 amide bonds. The van der Waals surface area contributed by atoms with Crippen LogP contribution in [0.4, 0.5) is 0 Å². The van der Waals surface area contributed by atoms with E-state index in [9.17, 15) is 4.79 Å². The predicted molar refractivity (Wildman–Crippen MR) is 118 cm³/mol. The lowest BCUT2D eigenvalue weighted by Crippen LogP contribution is -2.41. The molecule has 31 heavy (non-hydrogen) atoms. The zero-order valence-corrected chi connectivity index (χ0v) is 18.9. The van der Waals surface area contributed by atoms with Crippen molar-refractivity contribution in [1.82, 2.24) is 5.32 Å². The highest BCUT2D eigenvalue weighted by Crippen LogP contribution is 2.36. The van der Waals surface area contributed by atoms with E-state index in [1.165, 1.54) is 0 Å². The predicted octanol–water partition coefficient (Wildman–Crippen LogP) is 2.88. The second kappa shape index (κ2) is 14.2. The van der Waals surface area contributed by atoms with E-state index in [4.69, 9.17) is 24.1 Å². The number of carbonyl (C=O) groups excluding carboxylic acids is 1. The fraction of sp³-hybridized carbons (Fsp3) is 0.625. The summed E-state index contributed by atoms with van der Waals surface area (Å²) in [6.45, 7) is 8.97. The van der Waals surface area contributed by atoms with E-state index in [1.807, 2.05) is 43.3 Å². The lowest BCUT2D eigenvalue weighted by atomic mass is 9.79. The molecule has 1 aromatic rings. The quantitative estimate of drug-likeness (QED) is 0.437. The van der Waals surface area contributed by atoms with Gasteiger partial charge in [-0.2, -0.15) is 0 Å². The summed E-state index contributed by atoms with van der Waals surface area (Å²) >= 11 is 0. The van der Waals surface area contributed by atoms with Crippen molar-refractivity contribution in [2.45, 2.75) is 40.0 Å². The number of amides is 1. The maximum Gasteiger partial charge on any atom is 0.286 e. The molecule has 174 valence electrons. The molecule has 0 radical (unpaired) electrons. The Morgan fingerprint density at radius 1 is 1.13 bits per heavy atom. The summed E-state index contributed by atoms with van der Waals surface area (Å²) in [5.41, 5.74) is 1.03. The molecule has 7 nitrogen and oxygen atoms in total. The fourth-order valence-electron chi connectivity index (χ4n) is 3.67. The van der Waals surface area contributed by atoms with Crippen molar-refractivity contribution in [2.75, 3.05) is 39.6 Å². The van der Waals surface area contributed by atoms with Crippen molar-refractivity contribution in [2.24, 2.45) is 17.8 Å². The van der Waals surface area contributed by atoms with Gasteiger partial charge in [-0.3, -0.25) is 4.79 Å². The second-order valence-electron chi connectivity index (χ2n) is 7.86. The van der Waals surface area contributed by atoms with Crippen LogP contribution in [0.15, 0.2) is 42.2 Å². The summed E-state index contributed by atoms with van der Waals surface area (Å²) in [5.74, 6) is 0.639. The van der Waals surface area contributed by atoms with Crippen LogP contribution in [0.1, 0.15) is 32.8 Å². The number of hydrogen-bond donors (Lipinski definition) is 2. The van der Waals surface area contributed by atoms with Crippen LogP contribution in [-0.2, 0) is 30.3 Å². The van der Waals surface area contributed by atoms with Crippen molar-refractivity contribution in [3.05, 3.63) is 47.7 Å². The summed E-state index contributed by atoms with van der Waals surface area (Å²) in [5, 5.41) is 11.7. The molecule has 2 N–H and O–H groups in total. The maximum atomic E-state index is 12.8. The normalized spacial score (nSPS) is 20.9. The molecular formula is C24H37NO6. The monoisotopic (exact) mass is 435 g/mol. The van der Waals surface area contributed by atoms with E-state index in [0.29, 0.717) is 51.3 Å². The largest absolute Gasteiger partial charge is 0.459 e. The second-order valence-corrected chi connectivity index (χ2v) is 7.86. The molecule has 0 saturated carbocycles. The Morgan fingerprint density at radius 3 is 2.48 bits per heavy atom. The van der Waals surface area contributed by atoms with Gasteiger partial charge in [0, 0.05) is 25.7 Å². The van der Waals surface area contributed by atoms with Crippen LogP contribution in [0.2, 0.25) is 0 Å². The smallest absolute Gasteiger partial charge is 0.286 e. The topological polar surface area (TPSA) is 86.3 Å². The van der Waals surface area contributed by atoms with Gasteiger partial charge in [0.15, 0.2) is 5.76 Å². The van der Waals surface area contributed by atoms with Gasteiger partial charge in [-0.1, -0.05) is 44.2 Å². The number of benzene rings is 1. The third kappa shape index (κ3) is 8.61. The van der Waals surface area contributed by atoms with Gasteiger partial charge < -0.3 is 29.4 Å². The molecule has 0 bridgehead atoms. The van der Waals surface area contributed by atoms with E-state index < -0.39 is 6.29 Å². The fourth-order valence-corrected chi connectivity index (χ4v) is 3.67. The number of rotatable bonds is 14. The highest BCUT2D eigenvalue weighted by atomic mass is 16.7. The number of carbonyl (C=O) groups is 1. The van der Waals surface area contributed by atoms with Crippen LogP contribution in [0.5, 0.6) is 0 Å². The molecule has 1 aliphatic heterocycles. The zero-order chi connectivity index (χ0) is 22.5. The number of allylic oxidation sites excluding steroid dienone is 1. The third-order valence-corrected chi connectivity index (χ3v) is 5.25. The van der Waals surface area contributed by atoms with Crippen molar-refractivity contribution in [1.29, 1.82) is 0 Å². The van der Waals surface area contributed by atoms with Crippen LogP contribution in [-0.4, -0.2) is 56.9 Å². The number of aliphatic hydroxyl groups excluding tert-OH is 1. The molecule has 0 aliphatic carbocycles. The Bertz CT molecular complexity index is 663. The lowest BCUT2D eigenvalue weighted by Gasteiger charge is -2.38. The average Bonchev–Trinajstić information content (AvgIpc) is 2.78. The lowest BCUT2D eigenvalue weighted by molar-refractivity contribution is -0.177. The SMILES string of the molecule is CCOC1OC(C(=O)NCc2ccccc2)=CC(C(C)C)C1CCOCCOCCO. The summed E-state index contributed by atoms with van der Waals surface area (Å²) in [6.07, 6.45) is 2.20. The summed E-state index contributed by atoms with van der Waals surface area (Å²) in [7, 11) is 0. The van der Waals surface area contributed by atoms with Crippen molar-refractivity contribution in [3.8, 4) is 0 Å². The maximum absolute atomic E-state index is 12.8. The molecular weight excluding hydrogens is 398 g/mol. The van der Waals surface area contributed by atoms with E-state index in [2.05, 4.69) is 19.2 Å². The van der Waals surface area contributed by atoms with E-state index in [-0.39, 0.29) is 24.3 Å². The van der Waals surface area contributed by atoms with Gasteiger partial charge in [-0.05, 0) is 36.8 Å². The number of ether oxygens (including phenoxy) is 4. The molecule has 2 rings (SSSR count). The van der Waals surface area contributed by atoms with Crippen LogP contribution >= 0.6 is 0 Å². The summed E-state index contributed by atoms with van der Waals surface area (Å²) in [4.78, 5) is 12.8. The van der Waals surface area contributed by atoms with E-state index >= 15 is 0 Å². The van der Waals surface area contributed by atoms with E-state index in [1.54, 1.807) is 0 Å². The standard InChI is InChI=1S/C24H37NO6/c1-4-30-24-20(10-12-28-14-15-29-13-11-26)21(18(2)3)16-22(31-24)23(27)25-17-19-8-6-5-7-9-19/h5-9,16,18,20-21,24,26H,4,10-15,17H2,1-3H3,(H,25,27). The Hall–Kier alpha value is -1.93. The van der Waals surface area contributed by atoms with Crippen molar-refractivity contribution >= 4 is 5.91 Å². The van der Waals surface area contributed by atoms with Gasteiger partial charge in [0.2, 0.25) is 6.29 Å². The molecule has 1 heterocycles. The van der Waals surface area contributed by atoms with Crippen molar-refractivity contribution in [3.63, 3.8) is 0 Å². The van der Waals surface area contributed by atoms with Crippen LogP contribution in [0.3, 0.4) is 0 Å². The minimum atomic E-state index is -0.492. The van der Waals surface area contributed by atoms with Crippen LogP contribution < -0.4 is 5.32 Å². The highest BCUT2D eigenvalue weighted by Gasteiger charge is 2.38. The number of nitrogens with one attached hydrogen (secondary N) is 1. The molecule has 0 saturated heterocycles. The molecule has 0 aromatic heterocycles. The minimum absolute atomic E-state index is 0.0130. The van der Waals surface area contributed by atoms with Crippen LogP contribution in [0, 0.1) is 17.8 Å². The first-order valence-electron chi connectivity index (χ1n) is 11.1. The van der Waals surface area contributed by atoms with Gasteiger partial charge in [0.05, 0.1) is 26.4 Å². The number of aliphatic hydroxyl groups is 1. The van der Waals surface area contributed by atoms with Gasteiger partial charge in [-0.15, -0.1) is 0 Å². The first kappa shape index (κ1) is 25.3. The zero-order valence-electron chi connectivity index (χ0n) is 18.9. The number of hydrogen-bond acceptors (Lipinski definition) is 6. The Labute approximate surface area is 185 Å². The molecule has 1 aliphatic rings. The summed E-state index contributed by atoms with van der Waals surface area (Å²) < 4.78 is 22.8. The van der Waals surface area contributed by atoms with Crippen molar-refractivity contribution < 1.29 is 28.8 Å². The van der Waals surface area contributed by atoms with Gasteiger partial charge in [0.1, 0.15) is 0 Å². The third-order valence-electron chi connectivity index (χ3n) is 5.25. The molecule has 7 heteroatoms. The van der Waals surface area contributed by atoms with Crippen LogP contribution in [0.25, 0.3) is 0 Å². The summed E-state index contributed by atoms with van der Waals surface area (Å²) in [6, 6.07) is 9.79.